The van der Waals surface area contributed by atoms with Gasteiger partial charge in [0.15, 0.2) is 0 Å². The van der Waals surface area contributed by atoms with Gasteiger partial charge in [0.1, 0.15) is 11.7 Å². The van der Waals surface area contributed by atoms with Gasteiger partial charge in [-0.2, -0.15) is 0 Å². The van der Waals surface area contributed by atoms with Crippen molar-refractivity contribution in [2.45, 2.75) is 116 Å². The van der Waals surface area contributed by atoms with Crippen molar-refractivity contribution in [3.63, 3.8) is 0 Å². The largest absolute Gasteiger partial charge is 0.393 e. The van der Waals surface area contributed by atoms with Crippen LogP contribution in [-0.4, -0.2) is 45.8 Å². The molecule has 3 fully saturated rings. The number of rotatable bonds is 7. The molecule has 0 unspecified atom stereocenters. The topological polar surface area (TPSA) is 69.9 Å². The number of aliphatic hydroxyl groups is 3. The van der Waals surface area contributed by atoms with Crippen molar-refractivity contribution in [3.8, 4) is 11.8 Å². The van der Waals surface area contributed by atoms with Crippen molar-refractivity contribution in [1.29, 1.82) is 0 Å². The predicted octanol–water partition coefficient (Wildman–Crippen LogP) is 5.72. The Hall–Kier alpha value is -1.38. The van der Waals surface area contributed by atoms with E-state index in [9.17, 15) is 15.3 Å². The molecule has 35 heavy (non-hydrogen) atoms. The molecule has 3 aliphatic carbocycles. The Kier molecular flexibility index (Phi) is 9.49. The summed E-state index contributed by atoms with van der Waals surface area (Å²) in [5.41, 5.74) is 2.49. The lowest BCUT2D eigenvalue weighted by Crippen LogP contribution is -2.40. The molecule has 0 aliphatic heterocycles. The van der Waals surface area contributed by atoms with Crippen LogP contribution in [0.1, 0.15) is 92.4 Å². The molecular weight excluding hydrogens is 436 g/mol. The van der Waals surface area contributed by atoms with Gasteiger partial charge in [0, 0.05) is 13.0 Å². The van der Waals surface area contributed by atoms with Gasteiger partial charge in [0.05, 0.1) is 12.2 Å². The molecule has 0 bridgehead atoms. The Labute approximate surface area is 213 Å². The van der Waals surface area contributed by atoms with Gasteiger partial charge in [-0.3, -0.25) is 0 Å². The van der Waals surface area contributed by atoms with Crippen LogP contribution in [0.5, 0.6) is 0 Å². The molecule has 0 saturated heterocycles. The van der Waals surface area contributed by atoms with Crippen LogP contribution in [0.3, 0.4) is 0 Å². The Balaban J connectivity index is 1.82. The predicted molar refractivity (Wildman–Crippen MR) is 143 cm³/mol. The van der Waals surface area contributed by atoms with E-state index in [1.807, 2.05) is 20.8 Å². The van der Waals surface area contributed by atoms with E-state index in [0.29, 0.717) is 44.1 Å². The third-order valence-electron chi connectivity index (χ3n) is 9.38. The summed E-state index contributed by atoms with van der Waals surface area (Å²) in [6.45, 7) is 15.4. The van der Waals surface area contributed by atoms with Crippen molar-refractivity contribution in [2.24, 2.45) is 23.2 Å². The fourth-order valence-corrected chi connectivity index (χ4v) is 6.96. The molecule has 4 heteroatoms. The second-order valence-corrected chi connectivity index (χ2v) is 11.4. The average Bonchev–Trinajstić information content (AvgIpc) is 3.19. The Morgan fingerprint density at radius 1 is 1.20 bits per heavy atom. The van der Waals surface area contributed by atoms with E-state index in [-0.39, 0.29) is 17.4 Å². The first-order chi connectivity index (χ1) is 16.6. The van der Waals surface area contributed by atoms with Crippen molar-refractivity contribution >= 4 is 0 Å². The summed E-state index contributed by atoms with van der Waals surface area (Å²) in [5.74, 6) is 7.83. The van der Waals surface area contributed by atoms with Crippen LogP contribution < -0.4 is 0 Å². The molecule has 0 radical (unpaired) electrons. The van der Waals surface area contributed by atoms with Crippen LogP contribution in [0.4, 0.5) is 0 Å². The SMILES string of the molecule is C=C1/C(=C\C=C2/CCC[C@]3(C)[C@@H]([C@@H](C)[C@@H](C#CC(O)(CC)CC)OCC)CC[C@@H]23)C[C@@H](O)C[C@@H]1O. The first-order valence-electron chi connectivity index (χ1n) is 13.9. The van der Waals surface area contributed by atoms with Crippen molar-refractivity contribution in [1.82, 2.24) is 0 Å². The lowest BCUT2D eigenvalue weighted by molar-refractivity contribution is 0.00458. The zero-order chi connectivity index (χ0) is 25.8. The lowest BCUT2D eigenvalue weighted by atomic mass is 9.60. The first-order valence-corrected chi connectivity index (χ1v) is 13.9. The van der Waals surface area contributed by atoms with Crippen LogP contribution >= 0.6 is 0 Å². The highest BCUT2D eigenvalue weighted by atomic mass is 16.5. The van der Waals surface area contributed by atoms with E-state index in [4.69, 9.17) is 4.74 Å². The highest BCUT2D eigenvalue weighted by Crippen LogP contribution is 2.60. The highest BCUT2D eigenvalue weighted by molar-refractivity contribution is 5.38. The summed E-state index contributed by atoms with van der Waals surface area (Å²) in [7, 11) is 0. The maximum absolute atomic E-state index is 10.7. The van der Waals surface area contributed by atoms with Gasteiger partial charge in [0.25, 0.3) is 0 Å². The quantitative estimate of drug-likeness (QED) is 0.404. The van der Waals surface area contributed by atoms with Crippen molar-refractivity contribution in [3.05, 3.63) is 35.5 Å². The minimum atomic E-state index is -0.935. The van der Waals surface area contributed by atoms with Gasteiger partial charge in [-0.05, 0) is 92.6 Å². The average molecular weight is 485 g/mol. The van der Waals surface area contributed by atoms with Gasteiger partial charge in [0.2, 0.25) is 0 Å². The van der Waals surface area contributed by atoms with E-state index in [1.54, 1.807) is 0 Å². The zero-order valence-corrected chi connectivity index (χ0v) is 22.6. The smallest absolute Gasteiger partial charge is 0.125 e. The second-order valence-electron chi connectivity index (χ2n) is 11.4. The summed E-state index contributed by atoms with van der Waals surface area (Å²) in [6.07, 6.45) is 11.1. The van der Waals surface area contributed by atoms with Gasteiger partial charge < -0.3 is 20.1 Å². The molecule has 0 aromatic carbocycles. The van der Waals surface area contributed by atoms with E-state index in [1.165, 1.54) is 24.8 Å². The summed E-state index contributed by atoms with van der Waals surface area (Å²) in [6, 6.07) is 0. The van der Waals surface area contributed by atoms with E-state index in [0.717, 1.165) is 24.0 Å². The van der Waals surface area contributed by atoms with Crippen molar-refractivity contribution < 1.29 is 20.1 Å². The molecule has 4 nitrogen and oxygen atoms in total. The molecule has 3 saturated carbocycles. The van der Waals surface area contributed by atoms with Crippen LogP contribution in [0.2, 0.25) is 0 Å². The molecule has 3 rings (SSSR count). The lowest BCUT2D eigenvalue weighted by Gasteiger charge is -2.45. The van der Waals surface area contributed by atoms with E-state index in [2.05, 4.69) is 44.4 Å². The molecule has 0 aromatic heterocycles. The van der Waals surface area contributed by atoms with Crippen LogP contribution in [-0.2, 0) is 4.74 Å². The number of allylic oxidation sites excluding steroid dienone is 3. The second kappa shape index (κ2) is 11.8. The number of hydrogen-bond donors (Lipinski definition) is 3. The fraction of sp³-hybridized carbons (Fsp3) is 0.742. The monoisotopic (exact) mass is 484 g/mol. The normalized spacial score (nSPS) is 35.5. The maximum Gasteiger partial charge on any atom is 0.125 e. The molecule has 7 atom stereocenters. The van der Waals surface area contributed by atoms with Crippen molar-refractivity contribution in [2.75, 3.05) is 6.61 Å². The van der Waals surface area contributed by atoms with E-state index < -0.39 is 17.8 Å². The summed E-state index contributed by atoms with van der Waals surface area (Å²) in [4.78, 5) is 0. The molecule has 0 spiro atoms. The van der Waals surface area contributed by atoms with Gasteiger partial charge in [-0.15, -0.1) is 0 Å². The molecule has 0 aromatic rings. The molecule has 3 aliphatic rings. The summed E-state index contributed by atoms with van der Waals surface area (Å²) in [5, 5.41) is 31.0. The Bertz CT molecular complexity index is 870. The number of hydrogen-bond acceptors (Lipinski definition) is 4. The molecule has 0 heterocycles. The summed E-state index contributed by atoms with van der Waals surface area (Å²) >= 11 is 0. The highest BCUT2D eigenvalue weighted by Gasteiger charge is 2.51. The fourth-order valence-electron chi connectivity index (χ4n) is 6.96. The van der Waals surface area contributed by atoms with Crippen LogP contribution in [0, 0.1) is 35.0 Å². The molecule has 3 N–H and O–H groups in total. The van der Waals surface area contributed by atoms with Crippen LogP contribution in [0.25, 0.3) is 0 Å². The zero-order valence-electron chi connectivity index (χ0n) is 22.6. The third kappa shape index (κ3) is 6.13. The van der Waals surface area contributed by atoms with Gasteiger partial charge >= 0.3 is 0 Å². The standard InChI is InChI=1S/C31H48O4/c1-7-31(34,8-2)18-16-29(35-9-3)22(5)26-14-15-27-23(11-10-17-30(26,27)6)12-13-24-19-25(32)20-28(33)21(24)4/h12-13,22,25-29,32-34H,4,7-11,14-15,17,19-20H2,1-3,5-6H3/b23-12+,24-13-/t22-,25-,26-,27+,28+,29-,30-/m1/s1. The minimum absolute atomic E-state index is 0.171. The summed E-state index contributed by atoms with van der Waals surface area (Å²) < 4.78 is 6.14. The number of ether oxygens (including phenoxy) is 1. The number of aliphatic hydroxyl groups excluding tert-OH is 2. The molecular formula is C31H48O4. The first kappa shape index (κ1) is 28.2. The maximum atomic E-state index is 10.7. The Morgan fingerprint density at radius 3 is 2.57 bits per heavy atom. The van der Waals surface area contributed by atoms with Gasteiger partial charge in [-0.25, -0.2) is 0 Å². The van der Waals surface area contributed by atoms with E-state index >= 15 is 0 Å². The minimum Gasteiger partial charge on any atom is -0.393 e. The molecule has 196 valence electrons. The van der Waals surface area contributed by atoms with Crippen LogP contribution in [0.15, 0.2) is 35.5 Å². The van der Waals surface area contributed by atoms with Gasteiger partial charge in [-0.1, -0.05) is 63.8 Å². The Morgan fingerprint density at radius 2 is 1.91 bits per heavy atom. The third-order valence-corrected chi connectivity index (χ3v) is 9.38. The number of fused-ring (bicyclic) bond motifs is 1. The molecule has 0 amide bonds.